The third-order valence-electron chi connectivity index (χ3n) is 2.97. The fourth-order valence-electron chi connectivity index (χ4n) is 2.01. The van der Waals surface area contributed by atoms with Crippen molar-refractivity contribution < 1.29 is 24.6 Å². The molecule has 0 radical (unpaired) electrons. The SMILES string of the molecule is O=[N+]([O-])c1cc([N+](=O)[O-])c(-n2cnc([N+](=O)[O-])c2[N+](=O)[O-])c([N+](=O)[O-])c1. The van der Waals surface area contributed by atoms with Gasteiger partial charge in [0.15, 0.2) is 0 Å². The van der Waals surface area contributed by atoms with Crippen LogP contribution in [0, 0.1) is 50.6 Å². The van der Waals surface area contributed by atoms with Crippen molar-refractivity contribution in [2.45, 2.75) is 0 Å². The molecule has 1 heterocycles. The number of imidazole rings is 1. The highest BCUT2D eigenvalue weighted by atomic mass is 16.7. The summed E-state index contributed by atoms with van der Waals surface area (Å²) in [5.74, 6) is -2.72. The Bertz CT molecular complexity index is 960. The Balaban J connectivity index is 3.00. The van der Waals surface area contributed by atoms with E-state index in [0.717, 1.165) is 0 Å². The first-order valence-corrected chi connectivity index (χ1v) is 6.04. The number of nitro benzene ring substituents is 3. The van der Waals surface area contributed by atoms with E-state index in [1.54, 1.807) is 0 Å². The first kappa shape index (κ1) is 17.8. The summed E-state index contributed by atoms with van der Waals surface area (Å²) in [7, 11) is 0. The number of nitro groups is 5. The Morgan fingerprint density at radius 2 is 1.23 bits per heavy atom. The molecule has 2 rings (SSSR count). The lowest BCUT2D eigenvalue weighted by Gasteiger charge is -2.02. The second kappa shape index (κ2) is 6.14. The highest BCUT2D eigenvalue weighted by Gasteiger charge is 2.42. The summed E-state index contributed by atoms with van der Waals surface area (Å²) in [5, 5.41) is 55.1. The van der Waals surface area contributed by atoms with E-state index >= 15 is 0 Å². The number of non-ortho nitro benzene ring substituents is 1. The number of nitrogens with zero attached hydrogens (tertiary/aromatic N) is 7. The largest absolute Gasteiger partial charge is 0.462 e. The molecule has 0 saturated carbocycles. The Hall–Kier alpha value is -4.57. The molecule has 0 atom stereocenters. The van der Waals surface area contributed by atoms with Crippen molar-refractivity contribution in [3.8, 4) is 5.69 Å². The summed E-state index contributed by atoms with van der Waals surface area (Å²) in [6.07, 6.45) is 0.400. The van der Waals surface area contributed by atoms with E-state index in [-0.39, 0.29) is 4.57 Å². The standard InChI is InChI=1S/C9H3N7O10/c17-12(18)4-1-5(13(19)20)7(6(2-4)14(21)22)11-3-10-8(15(23)24)9(11)16(25)26/h1-3H. The highest BCUT2D eigenvalue weighted by molar-refractivity contribution is 5.72. The van der Waals surface area contributed by atoms with E-state index in [0.29, 0.717) is 18.5 Å². The van der Waals surface area contributed by atoms with E-state index < -0.39 is 59.0 Å². The van der Waals surface area contributed by atoms with Crippen molar-refractivity contribution in [3.05, 3.63) is 69.0 Å². The molecule has 0 spiro atoms. The minimum atomic E-state index is -1.39. The molecular weight excluding hydrogens is 366 g/mol. The van der Waals surface area contributed by atoms with E-state index in [1.807, 2.05) is 0 Å². The Labute approximate surface area is 138 Å². The molecule has 0 aliphatic rings. The molecule has 0 aliphatic carbocycles. The molecule has 0 saturated heterocycles. The highest BCUT2D eigenvalue weighted by Crippen LogP contribution is 2.40. The van der Waals surface area contributed by atoms with E-state index in [9.17, 15) is 50.6 Å². The molecule has 0 bridgehead atoms. The molecule has 134 valence electrons. The van der Waals surface area contributed by atoms with Gasteiger partial charge >= 0.3 is 29.3 Å². The summed E-state index contributed by atoms with van der Waals surface area (Å²) >= 11 is 0. The maximum atomic E-state index is 11.2. The van der Waals surface area contributed by atoms with Crippen LogP contribution in [0.3, 0.4) is 0 Å². The average molecular weight is 369 g/mol. The van der Waals surface area contributed by atoms with Gasteiger partial charge in [-0.2, -0.15) is 0 Å². The van der Waals surface area contributed by atoms with Crippen molar-refractivity contribution in [1.82, 2.24) is 9.55 Å². The van der Waals surface area contributed by atoms with Crippen molar-refractivity contribution in [1.29, 1.82) is 0 Å². The average Bonchev–Trinajstić information content (AvgIpc) is 2.98. The van der Waals surface area contributed by atoms with Gasteiger partial charge in [0, 0.05) is 4.98 Å². The lowest BCUT2D eigenvalue weighted by atomic mass is 10.2. The van der Waals surface area contributed by atoms with Gasteiger partial charge in [0.25, 0.3) is 11.4 Å². The second-order valence-electron chi connectivity index (χ2n) is 4.38. The predicted octanol–water partition coefficient (Wildman–Crippen LogP) is 1.41. The van der Waals surface area contributed by atoms with Crippen LogP contribution >= 0.6 is 0 Å². The summed E-state index contributed by atoms with van der Waals surface area (Å²) < 4.78 is 0.151. The fourth-order valence-corrected chi connectivity index (χ4v) is 2.01. The molecule has 1 aromatic carbocycles. The van der Waals surface area contributed by atoms with Gasteiger partial charge in [0.2, 0.25) is 0 Å². The summed E-state index contributed by atoms with van der Waals surface area (Å²) in [5.41, 5.74) is -4.61. The van der Waals surface area contributed by atoms with Gasteiger partial charge in [-0.15, -0.1) is 4.57 Å². The third-order valence-corrected chi connectivity index (χ3v) is 2.97. The summed E-state index contributed by atoms with van der Waals surface area (Å²) in [6.45, 7) is 0. The molecule has 0 unspecified atom stereocenters. The molecule has 0 aliphatic heterocycles. The van der Waals surface area contributed by atoms with Crippen molar-refractivity contribution in [2.24, 2.45) is 0 Å². The van der Waals surface area contributed by atoms with Crippen LogP contribution in [0.1, 0.15) is 0 Å². The quantitative estimate of drug-likeness (QED) is 0.521. The van der Waals surface area contributed by atoms with Crippen molar-refractivity contribution >= 4 is 28.7 Å². The molecule has 26 heavy (non-hydrogen) atoms. The molecule has 0 amide bonds. The van der Waals surface area contributed by atoms with Crippen LogP contribution in [-0.4, -0.2) is 34.2 Å². The number of hydrogen-bond acceptors (Lipinski definition) is 11. The zero-order valence-corrected chi connectivity index (χ0v) is 11.9. The van der Waals surface area contributed by atoms with E-state index in [1.165, 1.54) is 0 Å². The monoisotopic (exact) mass is 369 g/mol. The van der Waals surface area contributed by atoms with Gasteiger partial charge in [0.1, 0.15) is 0 Å². The summed E-state index contributed by atoms with van der Waals surface area (Å²) in [6, 6.07) is 0.662. The Kier molecular flexibility index (Phi) is 4.20. The number of hydrogen-bond donors (Lipinski definition) is 0. The minimum absolute atomic E-state index is 0.151. The van der Waals surface area contributed by atoms with Crippen molar-refractivity contribution in [3.63, 3.8) is 0 Å². The van der Waals surface area contributed by atoms with Gasteiger partial charge in [-0.05, 0) is 9.85 Å². The van der Waals surface area contributed by atoms with Crippen LogP contribution < -0.4 is 0 Å². The Morgan fingerprint density at radius 3 is 1.58 bits per heavy atom. The van der Waals surface area contributed by atoms with Crippen molar-refractivity contribution in [2.75, 3.05) is 0 Å². The van der Waals surface area contributed by atoms with Gasteiger partial charge in [-0.3, -0.25) is 30.3 Å². The topological polar surface area (TPSA) is 234 Å². The molecule has 17 nitrogen and oxygen atoms in total. The third kappa shape index (κ3) is 2.81. The maximum Gasteiger partial charge on any atom is 0.462 e. The van der Waals surface area contributed by atoms with Gasteiger partial charge in [-0.1, -0.05) is 0 Å². The number of aromatic nitrogens is 2. The molecule has 0 fully saturated rings. The van der Waals surface area contributed by atoms with Crippen LogP contribution in [0.5, 0.6) is 0 Å². The molecule has 0 N–H and O–H groups in total. The first-order valence-electron chi connectivity index (χ1n) is 6.04. The van der Waals surface area contributed by atoms with Crippen LogP contribution in [0.4, 0.5) is 28.7 Å². The molecular formula is C9H3N7O10. The van der Waals surface area contributed by atoms with Gasteiger partial charge in [0.05, 0.1) is 26.9 Å². The lowest BCUT2D eigenvalue weighted by Crippen LogP contribution is -2.08. The van der Waals surface area contributed by atoms with Crippen LogP contribution in [0.15, 0.2) is 18.5 Å². The number of rotatable bonds is 6. The van der Waals surface area contributed by atoms with Gasteiger partial charge in [-0.25, -0.2) is 0 Å². The smallest absolute Gasteiger partial charge is 0.358 e. The zero-order chi connectivity index (χ0) is 19.8. The van der Waals surface area contributed by atoms with Crippen LogP contribution in [0.2, 0.25) is 0 Å². The number of benzene rings is 1. The zero-order valence-electron chi connectivity index (χ0n) is 11.9. The minimum Gasteiger partial charge on any atom is -0.358 e. The first-order chi connectivity index (χ1) is 12.1. The lowest BCUT2D eigenvalue weighted by molar-refractivity contribution is -0.428. The molecule has 2 aromatic rings. The fraction of sp³-hybridized carbons (Fsp3) is 0. The van der Waals surface area contributed by atoms with Crippen LogP contribution in [-0.2, 0) is 0 Å². The second-order valence-corrected chi connectivity index (χ2v) is 4.38. The van der Waals surface area contributed by atoms with E-state index in [2.05, 4.69) is 4.98 Å². The van der Waals surface area contributed by atoms with E-state index in [4.69, 9.17) is 0 Å². The molecule has 1 aromatic heterocycles. The normalized spacial score (nSPS) is 10.3. The maximum absolute atomic E-state index is 11.2. The van der Waals surface area contributed by atoms with Gasteiger partial charge < -0.3 is 20.2 Å². The molecule has 17 heteroatoms. The van der Waals surface area contributed by atoms with Crippen LogP contribution in [0.25, 0.3) is 5.69 Å². The summed E-state index contributed by atoms with van der Waals surface area (Å²) in [4.78, 5) is 52.0. The Morgan fingerprint density at radius 1 is 0.731 bits per heavy atom. The predicted molar refractivity (Wildman–Crippen MR) is 76.8 cm³/mol.